The monoisotopic (exact) mass is 340 g/mol. The standard InChI is InChI=1S/C19H24N4O2/c1-23(2)16-10-8-14(9-11-16)12-13-21-19(25)22-17(18(20)24)15-6-4-3-5-7-15/h3-11,17H,12-13H2,1-2H3,(H2,20,24)(H2,21,22,25)/t17-/m1/s1. The summed E-state index contributed by atoms with van der Waals surface area (Å²) >= 11 is 0. The largest absolute Gasteiger partial charge is 0.378 e. The van der Waals surface area contributed by atoms with E-state index in [1.54, 1.807) is 24.3 Å². The molecule has 0 aliphatic heterocycles. The number of carbonyl (C=O) groups is 2. The molecule has 1 atom stereocenters. The van der Waals surface area contributed by atoms with E-state index in [-0.39, 0.29) is 0 Å². The molecule has 0 unspecified atom stereocenters. The van der Waals surface area contributed by atoms with Crippen LogP contribution in [-0.2, 0) is 11.2 Å². The molecule has 25 heavy (non-hydrogen) atoms. The maximum atomic E-state index is 12.0. The third-order valence-electron chi connectivity index (χ3n) is 3.84. The van der Waals surface area contributed by atoms with E-state index in [2.05, 4.69) is 10.6 Å². The third kappa shape index (κ3) is 5.53. The molecule has 0 aliphatic rings. The molecule has 0 aromatic heterocycles. The molecule has 0 bridgehead atoms. The normalized spacial score (nSPS) is 11.4. The van der Waals surface area contributed by atoms with Crippen LogP contribution in [0.15, 0.2) is 54.6 Å². The third-order valence-corrected chi connectivity index (χ3v) is 3.84. The van der Waals surface area contributed by atoms with Gasteiger partial charge in [0.05, 0.1) is 0 Å². The second-order valence-electron chi connectivity index (χ2n) is 5.96. The molecule has 4 N–H and O–H groups in total. The van der Waals surface area contributed by atoms with Crippen LogP contribution in [0.4, 0.5) is 10.5 Å². The number of benzene rings is 2. The van der Waals surface area contributed by atoms with Crippen LogP contribution in [0.25, 0.3) is 0 Å². The van der Waals surface area contributed by atoms with Crippen LogP contribution in [0, 0.1) is 0 Å². The highest BCUT2D eigenvalue weighted by Gasteiger charge is 2.19. The average molecular weight is 340 g/mol. The number of primary amides is 1. The van der Waals surface area contributed by atoms with Gasteiger partial charge in [-0.1, -0.05) is 42.5 Å². The van der Waals surface area contributed by atoms with E-state index >= 15 is 0 Å². The van der Waals surface area contributed by atoms with Gasteiger partial charge in [-0.05, 0) is 29.7 Å². The van der Waals surface area contributed by atoms with Crippen LogP contribution in [0.5, 0.6) is 0 Å². The number of urea groups is 1. The summed E-state index contributed by atoms with van der Waals surface area (Å²) in [6.07, 6.45) is 0.702. The lowest BCUT2D eigenvalue weighted by molar-refractivity contribution is -0.119. The number of rotatable bonds is 7. The Balaban J connectivity index is 1.84. The van der Waals surface area contributed by atoms with Crippen LogP contribution >= 0.6 is 0 Å². The first-order valence-electron chi connectivity index (χ1n) is 8.12. The van der Waals surface area contributed by atoms with Crippen LogP contribution in [-0.4, -0.2) is 32.6 Å². The number of nitrogens with two attached hydrogens (primary N) is 1. The smallest absolute Gasteiger partial charge is 0.315 e. The molecular formula is C19H24N4O2. The minimum absolute atomic E-state index is 0.419. The Kier molecular flexibility index (Phi) is 6.39. The molecule has 3 amide bonds. The molecule has 0 saturated carbocycles. The zero-order valence-corrected chi connectivity index (χ0v) is 14.5. The summed E-state index contributed by atoms with van der Waals surface area (Å²) in [7, 11) is 3.98. The highest BCUT2D eigenvalue weighted by Crippen LogP contribution is 2.13. The van der Waals surface area contributed by atoms with Gasteiger partial charge in [-0.25, -0.2) is 4.79 Å². The van der Waals surface area contributed by atoms with Crippen LogP contribution in [0.1, 0.15) is 17.2 Å². The fraction of sp³-hybridized carbons (Fsp3) is 0.263. The summed E-state index contributed by atoms with van der Waals surface area (Å²) in [4.78, 5) is 25.7. The van der Waals surface area contributed by atoms with E-state index in [1.807, 2.05) is 49.3 Å². The van der Waals surface area contributed by atoms with Crippen molar-refractivity contribution in [2.75, 3.05) is 25.5 Å². The summed E-state index contributed by atoms with van der Waals surface area (Å²) in [6, 6.07) is 15.8. The van der Waals surface area contributed by atoms with Gasteiger partial charge in [0.25, 0.3) is 0 Å². The molecule has 0 spiro atoms. The number of hydrogen-bond donors (Lipinski definition) is 3. The second kappa shape index (κ2) is 8.73. The number of hydrogen-bond acceptors (Lipinski definition) is 3. The van der Waals surface area contributed by atoms with Crippen molar-refractivity contribution in [1.29, 1.82) is 0 Å². The fourth-order valence-corrected chi connectivity index (χ4v) is 2.43. The Morgan fingerprint density at radius 2 is 1.68 bits per heavy atom. The number of nitrogens with one attached hydrogen (secondary N) is 2. The van der Waals surface area contributed by atoms with E-state index in [1.165, 1.54) is 0 Å². The number of nitrogens with zero attached hydrogens (tertiary/aromatic N) is 1. The summed E-state index contributed by atoms with van der Waals surface area (Å²) in [6.45, 7) is 0.466. The van der Waals surface area contributed by atoms with Crippen molar-refractivity contribution in [3.05, 3.63) is 65.7 Å². The van der Waals surface area contributed by atoms with Gasteiger partial charge in [-0.2, -0.15) is 0 Å². The van der Waals surface area contributed by atoms with Gasteiger partial charge in [0.15, 0.2) is 0 Å². The van der Waals surface area contributed by atoms with Gasteiger partial charge in [-0.3, -0.25) is 4.79 Å². The number of amides is 3. The molecular weight excluding hydrogens is 316 g/mol. The molecule has 0 radical (unpaired) electrons. The summed E-state index contributed by atoms with van der Waals surface area (Å²) < 4.78 is 0. The Morgan fingerprint density at radius 1 is 1.04 bits per heavy atom. The molecule has 0 heterocycles. The zero-order chi connectivity index (χ0) is 18.2. The topological polar surface area (TPSA) is 87.5 Å². The first-order valence-corrected chi connectivity index (χ1v) is 8.12. The SMILES string of the molecule is CN(C)c1ccc(CCNC(=O)N[C@@H](C(N)=O)c2ccccc2)cc1. The van der Waals surface area contributed by atoms with E-state index in [0.717, 1.165) is 11.3 Å². The van der Waals surface area contributed by atoms with Gasteiger partial charge in [0.1, 0.15) is 6.04 Å². The Morgan fingerprint density at radius 3 is 2.24 bits per heavy atom. The Hall–Kier alpha value is -3.02. The molecule has 2 rings (SSSR count). The van der Waals surface area contributed by atoms with Crippen molar-refractivity contribution in [2.24, 2.45) is 5.73 Å². The van der Waals surface area contributed by atoms with Crippen molar-refractivity contribution in [3.63, 3.8) is 0 Å². The molecule has 0 aliphatic carbocycles. The van der Waals surface area contributed by atoms with Gasteiger partial charge in [0.2, 0.25) is 5.91 Å². The zero-order valence-electron chi connectivity index (χ0n) is 14.5. The summed E-state index contributed by atoms with van der Waals surface area (Å²) in [5.41, 5.74) is 8.30. The quantitative estimate of drug-likeness (QED) is 0.718. The molecule has 2 aromatic rings. The van der Waals surface area contributed by atoms with Crippen molar-refractivity contribution in [1.82, 2.24) is 10.6 Å². The van der Waals surface area contributed by atoms with Gasteiger partial charge in [-0.15, -0.1) is 0 Å². The molecule has 2 aromatic carbocycles. The molecule has 6 nitrogen and oxygen atoms in total. The fourth-order valence-electron chi connectivity index (χ4n) is 2.43. The Labute approximate surface area is 148 Å². The predicted octanol–water partition coefficient (Wildman–Crippen LogP) is 1.82. The van der Waals surface area contributed by atoms with E-state index in [4.69, 9.17) is 5.73 Å². The highest BCUT2D eigenvalue weighted by molar-refractivity contribution is 5.86. The van der Waals surface area contributed by atoms with E-state index < -0.39 is 18.0 Å². The van der Waals surface area contributed by atoms with Gasteiger partial charge >= 0.3 is 6.03 Å². The van der Waals surface area contributed by atoms with Crippen LogP contribution < -0.4 is 21.3 Å². The second-order valence-corrected chi connectivity index (χ2v) is 5.96. The lowest BCUT2D eigenvalue weighted by Gasteiger charge is -2.16. The van der Waals surface area contributed by atoms with Crippen LogP contribution in [0.2, 0.25) is 0 Å². The maximum Gasteiger partial charge on any atom is 0.315 e. The lowest BCUT2D eigenvalue weighted by atomic mass is 10.1. The van der Waals surface area contributed by atoms with Crippen molar-refractivity contribution in [3.8, 4) is 0 Å². The summed E-state index contributed by atoms with van der Waals surface area (Å²) in [5.74, 6) is -0.597. The van der Waals surface area contributed by atoms with Crippen LogP contribution in [0.3, 0.4) is 0 Å². The molecule has 6 heteroatoms. The average Bonchev–Trinajstić information content (AvgIpc) is 2.60. The van der Waals surface area contributed by atoms with Gasteiger partial charge < -0.3 is 21.3 Å². The first kappa shape index (κ1) is 18.3. The lowest BCUT2D eigenvalue weighted by Crippen LogP contribution is -2.43. The van der Waals surface area contributed by atoms with Crippen molar-refractivity contribution in [2.45, 2.75) is 12.5 Å². The van der Waals surface area contributed by atoms with E-state index in [0.29, 0.717) is 18.5 Å². The van der Waals surface area contributed by atoms with Gasteiger partial charge in [0, 0.05) is 26.3 Å². The predicted molar refractivity (Wildman–Crippen MR) is 99.4 cm³/mol. The summed E-state index contributed by atoms with van der Waals surface area (Å²) in [5, 5.41) is 5.37. The number of carbonyl (C=O) groups excluding carboxylic acids is 2. The van der Waals surface area contributed by atoms with Crippen molar-refractivity contribution >= 4 is 17.6 Å². The Bertz CT molecular complexity index is 699. The first-order chi connectivity index (χ1) is 12.0. The minimum Gasteiger partial charge on any atom is -0.378 e. The van der Waals surface area contributed by atoms with Crippen molar-refractivity contribution < 1.29 is 9.59 Å². The minimum atomic E-state index is -0.847. The molecule has 132 valence electrons. The maximum absolute atomic E-state index is 12.0. The van der Waals surface area contributed by atoms with E-state index in [9.17, 15) is 9.59 Å². The molecule has 0 saturated heterocycles. The number of anilines is 1. The molecule has 0 fully saturated rings. The highest BCUT2D eigenvalue weighted by atomic mass is 16.2.